The highest BCUT2D eigenvalue weighted by atomic mass is 16.6. The van der Waals surface area contributed by atoms with Gasteiger partial charge in [0.1, 0.15) is 11.4 Å². The molecule has 1 aliphatic heterocycles. The van der Waals surface area contributed by atoms with Gasteiger partial charge in [-0.3, -0.25) is 4.79 Å². The summed E-state index contributed by atoms with van der Waals surface area (Å²) < 4.78 is 5.25. The lowest BCUT2D eigenvalue weighted by Gasteiger charge is -2.32. The fraction of sp³-hybridized carbons (Fsp3) is 0.400. The summed E-state index contributed by atoms with van der Waals surface area (Å²) in [5, 5.41) is 2.74. The number of para-hydroxylation sites is 2. The fourth-order valence-corrected chi connectivity index (χ4v) is 3.99. The molecule has 168 valence electrons. The molecular weight excluding hydrogens is 404 g/mol. The molecule has 0 saturated carbocycles. The van der Waals surface area contributed by atoms with Crippen LogP contribution in [0.5, 0.6) is 0 Å². The number of amides is 2. The Labute approximate surface area is 188 Å². The third-order valence-corrected chi connectivity index (χ3v) is 5.54. The van der Waals surface area contributed by atoms with E-state index in [1.807, 2.05) is 74.2 Å². The quantitative estimate of drug-likeness (QED) is 0.628. The number of fused-ring (bicyclic) bond motifs is 1. The van der Waals surface area contributed by atoms with Crippen molar-refractivity contribution in [1.82, 2.24) is 20.2 Å². The summed E-state index contributed by atoms with van der Waals surface area (Å²) >= 11 is 0. The minimum Gasteiger partial charge on any atom is -0.444 e. The van der Waals surface area contributed by atoms with Gasteiger partial charge in [0.2, 0.25) is 0 Å². The SMILES string of the molecule is CC(C)(C)OC(=O)NCc1ccc(C(=O)N2CCCC(c3nc4ccccc4[nH]3)C2)cc1. The van der Waals surface area contributed by atoms with Crippen LogP contribution in [0.4, 0.5) is 4.79 Å². The molecule has 7 nitrogen and oxygen atoms in total. The minimum atomic E-state index is -0.533. The first-order valence-corrected chi connectivity index (χ1v) is 11.1. The van der Waals surface area contributed by atoms with E-state index in [1.165, 1.54) is 0 Å². The van der Waals surface area contributed by atoms with Crippen LogP contribution in [0.15, 0.2) is 48.5 Å². The Hall–Kier alpha value is -3.35. The van der Waals surface area contributed by atoms with Crippen LogP contribution in [0.1, 0.15) is 61.3 Å². The van der Waals surface area contributed by atoms with E-state index in [1.54, 1.807) is 0 Å². The van der Waals surface area contributed by atoms with Crippen molar-refractivity contribution in [3.63, 3.8) is 0 Å². The molecule has 1 unspecified atom stereocenters. The molecular formula is C25H30N4O3. The number of ether oxygens (including phenoxy) is 1. The number of H-pyrrole nitrogens is 1. The predicted octanol–water partition coefficient (Wildman–Crippen LogP) is 4.61. The molecule has 32 heavy (non-hydrogen) atoms. The highest BCUT2D eigenvalue weighted by Crippen LogP contribution is 2.27. The highest BCUT2D eigenvalue weighted by Gasteiger charge is 2.27. The number of rotatable bonds is 4. The van der Waals surface area contributed by atoms with Crippen LogP contribution in [0, 0.1) is 0 Å². The Morgan fingerprint density at radius 1 is 1.16 bits per heavy atom. The van der Waals surface area contributed by atoms with Gasteiger partial charge in [-0.1, -0.05) is 24.3 Å². The van der Waals surface area contributed by atoms with Crippen molar-refractivity contribution in [3.8, 4) is 0 Å². The molecule has 0 aliphatic carbocycles. The van der Waals surface area contributed by atoms with Gasteiger partial charge in [-0.2, -0.15) is 0 Å². The van der Waals surface area contributed by atoms with Gasteiger partial charge in [0.25, 0.3) is 5.91 Å². The van der Waals surface area contributed by atoms with E-state index >= 15 is 0 Å². The highest BCUT2D eigenvalue weighted by molar-refractivity contribution is 5.94. The molecule has 1 atom stereocenters. The minimum absolute atomic E-state index is 0.0254. The molecule has 7 heteroatoms. The summed E-state index contributed by atoms with van der Waals surface area (Å²) in [7, 11) is 0. The molecule has 4 rings (SSSR count). The third kappa shape index (κ3) is 5.28. The number of likely N-dealkylation sites (tertiary alicyclic amines) is 1. The molecule has 0 radical (unpaired) electrons. The monoisotopic (exact) mass is 434 g/mol. The normalized spacial score (nSPS) is 16.7. The van der Waals surface area contributed by atoms with Gasteiger partial charge in [-0.05, 0) is 63.4 Å². The van der Waals surface area contributed by atoms with Gasteiger partial charge in [-0.25, -0.2) is 9.78 Å². The van der Waals surface area contributed by atoms with Crippen LogP contribution < -0.4 is 5.32 Å². The Kier molecular flexibility index (Phi) is 6.17. The van der Waals surface area contributed by atoms with Gasteiger partial charge >= 0.3 is 6.09 Å². The van der Waals surface area contributed by atoms with Gasteiger partial charge in [0, 0.05) is 31.1 Å². The van der Waals surface area contributed by atoms with E-state index in [2.05, 4.69) is 10.3 Å². The van der Waals surface area contributed by atoms with Crippen molar-refractivity contribution in [2.45, 2.75) is 51.7 Å². The number of imidazole rings is 1. The summed E-state index contributed by atoms with van der Waals surface area (Å²) in [5.41, 5.74) is 3.01. The van der Waals surface area contributed by atoms with Gasteiger partial charge < -0.3 is 19.9 Å². The third-order valence-electron chi connectivity index (χ3n) is 5.54. The molecule has 1 fully saturated rings. The number of hydrogen-bond donors (Lipinski definition) is 2. The second kappa shape index (κ2) is 9.02. The van der Waals surface area contributed by atoms with Crippen LogP contribution in [0.2, 0.25) is 0 Å². The molecule has 1 aromatic heterocycles. The number of nitrogens with zero attached hydrogens (tertiary/aromatic N) is 2. The number of piperidine rings is 1. The maximum absolute atomic E-state index is 13.1. The van der Waals surface area contributed by atoms with Crippen LogP contribution in [0.3, 0.4) is 0 Å². The molecule has 0 spiro atoms. The van der Waals surface area contributed by atoms with E-state index in [-0.39, 0.29) is 11.8 Å². The molecule has 1 aliphatic rings. The summed E-state index contributed by atoms with van der Waals surface area (Å²) in [5.74, 6) is 1.18. The lowest BCUT2D eigenvalue weighted by Crippen LogP contribution is -2.39. The Morgan fingerprint density at radius 2 is 1.91 bits per heavy atom. The number of carbonyl (C=O) groups is 2. The summed E-state index contributed by atoms with van der Waals surface area (Å²) in [6.07, 6.45) is 1.51. The van der Waals surface area contributed by atoms with Crippen LogP contribution in [-0.2, 0) is 11.3 Å². The van der Waals surface area contributed by atoms with E-state index < -0.39 is 11.7 Å². The lowest BCUT2D eigenvalue weighted by atomic mass is 9.96. The van der Waals surface area contributed by atoms with Crippen LogP contribution in [-0.4, -0.2) is 45.6 Å². The standard InChI is InChI=1S/C25H30N4O3/c1-25(2,3)32-24(31)26-15-17-10-12-18(13-11-17)23(30)29-14-6-7-19(16-29)22-27-20-8-4-5-9-21(20)28-22/h4-5,8-13,19H,6-7,14-16H2,1-3H3,(H,26,31)(H,27,28). The van der Waals surface area contributed by atoms with Crippen LogP contribution in [0.25, 0.3) is 11.0 Å². The second-order valence-corrected chi connectivity index (χ2v) is 9.28. The smallest absolute Gasteiger partial charge is 0.407 e. The molecule has 2 heterocycles. The first-order valence-electron chi connectivity index (χ1n) is 11.1. The number of aromatic amines is 1. The van der Waals surface area contributed by atoms with E-state index in [0.717, 1.165) is 41.8 Å². The first kappa shape index (κ1) is 21.9. The number of aromatic nitrogens is 2. The maximum Gasteiger partial charge on any atom is 0.407 e. The van der Waals surface area contributed by atoms with Gasteiger partial charge in [-0.15, -0.1) is 0 Å². The van der Waals surface area contributed by atoms with Gasteiger partial charge in [0.05, 0.1) is 11.0 Å². The molecule has 2 amide bonds. The summed E-state index contributed by atoms with van der Waals surface area (Å²) in [6.45, 7) is 7.23. The predicted molar refractivity (Wildman–Crippen MR) is 123 cm³/mol. The first-order chi connectivity index (χ1) is 15.3. The zero-order valence-corrected chi connectivity index (χ0v) is 18.9. The topological polar surface area (TPSA) is 87.3 Å². The van der Waals surface area contributed by atoms with E-state index in [4.69, 9.17) is 9.72 Å². The number of alkyl carbamates (subject to hydrolysis) is 1. The Morgan fingerprint density at radius 3 is 2.62 bits per heavy atom. The fourth-order valence-electron chi connectivity index (χ4n) is 3.99. The molecule has 1 saturated heterocycles. The number of benzene rings is 2. The number of hydrogen-bond acceptors (Lipinski definition) is 4. The van der Waals surface area contributed by atoms with Crippen molar-refractivity contribution in [2.24, 2.45) is 0 Å². The largest absolute Gasteiger partial charge is 0.444 e. The molecule has 2 aromatic carbocycles. The lowest BCUT2D eigenvalue weighted by molar-refractivity contribution is 0.0523. The van der Waals surface area contributed by atoms with Crippen molar-refractivity contribution in [3.05, 3.63) is 65.5 Å². The average Bonchev–Trinajstić information content (AvgIpc) is 3.21. The van der Waals surface area contributed by atoms with Gasteiger partial charge in [0.15, 0.2) is 0 Å². The molecule has 2 N–H and O–H groups in total. The molecule has 0 bridgehead atoms. The number of carbonyl (C=O) groups excluding carboxylic acids is 2. The number of nitrogens with one attached hydrogen (secondary N) is 2. The summed E-state index contributed by atoms with van der Waals surface area (Å²) in [4.78, 5) is 35.0. The Bertz CT molecular complexity index is 1070. The summed E-state index contributed by atoms with van der Waals surface area (Å²) in [6, 6.07) is 15.4. The molecule has 3 aromatic rings. The van der Waals surface area contributed by atoms with Crippen molar-refractivity contribution in [2.75, 3.05) is 13.1 Å². The average molecular weight is 435 g/mol. The second-order valence-electron chi connectivity index (χ2n) is 9.28. The van der Waals surface area contributed by atoms with Crippen LogP contribution >= 0.6 is 0 Å². The van der Waals surface area contributed by atoms with E-state index in [0.29, 0.717) is 18.7 Å². The zero-order chi connectivity index (χ0) is 22.7. The maximum atomic E-state index is 13.1. The van der Waals surface area contributed by atoms with Crippen molar-refractivity contribution < 1.29 is 14.3 Å². The van der Waals surface area contributed by atoms with E-state index in [9.17, 15) is 9.59 Å². The van der Waals surface area contributed by atoms with Crippen molar-refractivity contribution in [1.29, 1.82) is 0 Å². The zero-order valence-electron chi connectivity index (χ0n) is 18.9. The Balaban J connectivity index is 1.36. The van der Waals surface area contributed by atoms with Crippen molar-refractivity contribution >= 4 is 23.0 Å².